The van der Waals surface area contributed by atoms with Gasteiger partial charge in [0.15, 0.2) is 5.60 Å². The van der Waals surface area contributed by atoms with Crippen LogP contribution in [0.2, 0.25) is 0 Å². The molecular formula is C7H12O4. The van der Waals surface area contributed by atoms with Crippen LogP contribution >= 0.6 is 0 Å². The molecule has 1 aliphatic rings. The van der Waals surface area contributed by atoms with Crippen molar-refractivity contribution in [3.05, 3.63) is 0 Å². The van der Waals surface area contributed by atoms with Gasteiger partial charge in [0.05, 0.1) is 13.2 Å². The smallest absolute Gasteiger partial charge is 0.340 e. The van der Waals surface area contributed by atoms with Gasteiger partial charge in [0, 0.05) is 0 Å². The van der Waals surface area contributed by atoms with Crippen LogP contribution in [0.3, 0.4) is 0 Å². The van der Waals surface area contributed by atoms with Gasteiger partial charge < -0.3 is 14.6 Å². The predicted molar refractivity (Wildman–Crippen MR) is 37.0 cm³/mol. The lowest BCUT2D eigenvalue weighted by Gasteiger charge is -2.03. The van der Waals surface area contributed by atoms with E-state index in [1.807, 2.05) is 0 Å². The van der Waals surface area contributed by atoms with Crippen molar-refractivity contribution in [2.75, 3.05) is 13.2 Å². The molecule has 1 saturated heterocycles. The minimum atomic E-state index is -0.884. The number of aliphatic hydroxyl groups is 1. The van der Waals surface area contributed by atoms with Crippen LogP contribution in [0.5, 0.6) is 0 Å². The highest BCUT2D eigenvalue weighted by Crippen LogP contribution is 2.36. The van der Waals surface area contributed by atoms with Crippen molar-refractivity contribution < 1.29 is 19.4 Å². The Bertz CT molecular complexity index is 168. The zero-order valence-electron chi connectivity index (χ0n) is 6.66. The minimum absolute atomic E-state index is 0.130. The van der Waals surface area contributed by atoms with Crippen molar-refractivity contribution in [1.29, 1.82) is 0 Å². The Morgan fingerprint density at radius 1 is 1.82 bits per heavy atom. The molecule has 4 heteroatoms. The van der Waals surface area contributed by atoms with E-state index in [2.05, 4.69) is 0 Å². The van der Waals surface area contributed by atoms with E-state index in [1.165, 1.54) is 0 Å². The predicted octanol–water partition coefficient (Wildman–Crippen LogP) is -0.301. The fourth-order valence-electron chi connectivity index (χ4n) is 0.927. The molecule has 0 aromatic carbocycles. The molecule has 1 rings (SSSR count). The highest BCUT2D eigenvalue weighted by atomic mass is 16.7. The van der Waals surface area contributed by atoms with E-state index in [1.54, 1.807) is 13.8 Å². The lowest BCUT2D eigenvalue weighted by molar-refractivity contribution is -0.148. The SMILES string of the molecule is CCOC(=O)C1(C)OC1CO. The lowest BCUT2D eigenvalue weighted by atomic mass is 10.1. The molecular weight excluding hydrogens is 148 g/mol. The third-order valence-corrected chi connectivity index (χ3v) is 1.79. The first kappa shape index (κ1) is 8.49. The van der Waals surface area contributed by atoms with Gasteiger partial charge in [0.2, 0.25) is 0 Å². The molecule has 1 aliphatic heterocycles. The molecule has 0 aliphatic carbocycles. The van der Waals surface area contributed by atoms with Gasteiger partial charge in [-0.15, -0.1) is 0 Å². The van der Waals surface area contributed by atoms with Crippen molar-refractivity contribution in [2.45, 2.75) is 25.6 Å². The number of carbonyl (C=O) groups excluding carboxylic acids is 1. The van der Waals surface area contributed by atoms with Gasteiger partial charge in [0.25, 0.3) is 0 Å². The molecule has 1 heterocycles. The topological polar surface area (TPSA) is 59.1 Å². The van der Waals surface area contributed by atoms with Crippen LogP contribution in [0.1, 0.15) is 13.8 Å². The summed E-state index contributed by atoms with van der Waals surface area (Å²) in [7, 11) is 0. The van der Waals surface area contributed by atoms with Gasteiger partial charge >= 0.3 is 5.97 Å². The first-order valence-corrected chi connectivity index (χ1v) is 3.61. The van der Waals surface area contributed by atoms with Crippen LogP contribution in [0, 0.1) is 0 Å². The van der Waals surface area contributed by atoms with Gasteiger partial charge in [0.1, 0.15) is 6.10 Å². The molecule has 0 bridgehead atoms. The Morgan fingerprint density at radius 3 is 2.82 bits per heavy atom. The number of esters is 1. The molecule has 0 amide bonds. The van der Waals surface area contributed by atoms with Crippen molar-refractivity contribution in [3.63, 3.8) is 0 Å². The van der Waals surface area contributed by atoms with Crippen LogP contribution in [-0.4, -0.2) is 36.0 Å². The number of carbonyl (C=O) groups is 1. The van der Waals surface area contributed by atoms with Crippen LogP contribution in [0.4, 0.5) is 0 Å². The summed E-state index contributed by atoms with van der Waals surface area (Å²) < 4.78 is 9.67. The summed E-state index contributed by atoms with van der Waals surface area (Å²) in [6.45, 7) is 3.56. The maximum Gasteiger partial charge on any atom is 0.340 e. The van der Waals surface area contributed by atoms with Crippen LogP contribution in [0.15, 0.2) is 0 Å². The summed E-state index contributed by atoms with van der Waals surface area (Å²) in [4.78, 5) is 11.0. The molecule has 0 aromatic heterocycles. The van der Waals surface area contributed by atoms with Gasteiger partial charge in [-0.1, -0.05) is 0 Å². The number of ether oxygens (including phenoxy) is 2. The van der Waals surface area contributed by atoms with E-state index in [0.29, 0.717) is 6.61 Å². The largest absolute Gasteiger partial charge is 0.464 e. The summed E-state index contributed by atoms with van der Waals surface area (Å²) in [5.41, 5.74) is -0.884. The first-order chi connectivity index (χ1) is 5.15. The Morgan fingerprint density at radius 2 is 2.45 bits per heavy atom. The average molecular weight is 160 g/mol. The maximum absolute atomic E-state index is 11.0. The van der Waals surface area contributed by atoms with E-state index in [-0.39, 0.29) is 18.7 Å². The van der Waals surface area contributed by atoms with Gasteiger partial charge in [-0.3, -0.25) is 0 Å². The molecule has 0 aromatic rings. The summed E-state index contributed by atoms with van der Waals surface area (Å²) in [6.07, 6.45) is -0.374. The normalized spacial score (nSPS) is 35.0. The fraction of sp³-hybridized carbons (Fsp3) is 0.857. The van der Waals surface area contributed by atoms with Crippen LogP contribution in [0.25, 0.3) is 0 Å². The summed E-state index contributed by atoms with van der Waals surface area (Å²) in [6, 6.07) is 0. The van der Waals surface area contributed by atoms with E-state index >= 15 is 0 Å². The fourth-order valence-corrected chi connectivity index (χ4v) is 0.927. The monoisotopic (exact) mass is 160 g/mol. The zero-order valence-corrected chi connectivity index (χ0v) is 6.66. The van der Waals surface area contributed by atoms with Crippen molar-refractivity contribution in [3.8, 4) is 0 Å². The molecule has 1 fully saturated rings. The molecule has 4 nitrogen and oxygen atoms in total. The Kier molecular flexibility index (Phi) is 2.15. The Labute approximate surface area is 65.1 Å². The quantitative estimate of drug-likeness (QED) is 0.455. The molecule has 64 valence electrons. The molecule has 2 unspecified atom stereocenters. The molecule has 2 atom stereocenters. The average Bonchev–Trinajstić information content (AvgIpc) is 2.64. The second-order valence-electron chi connectivity index (χ2n) is 2.62. The summed E-state index contributed by atoms with van der Waals surface area (Å²) >= 11 is 0. The van der Waals surface area contributed by atoms with E-state index in [4.69, 9.17) is 14.6 Å². The van der Waals surface area contributed by atoms with Gasteiger partial charge in [-0.05, 0) is 13.8 Å². The third-order valence-electron chi connectivity index (χ3n) is 1.79. The number of epoxide rings is 1. The van der Waals surface area contributed by atoms with Gasteiger partial charge in [-0.25, -0.2) is 4.79 Å². The van der Waals surface area contributed by atoms with Crippen molar-refractivity contribution >= 4 is 5.97 Å². The highest BCUT2D eigenvalue weighted by Gasteiger charge is 2.59. The number of aliphatic hydroxyl groups excluding tert-OH is 1. The molecule has 0 radical (unpaired) electrons. The lowest BCUT2D eigenvalue weighted by Crippen LogP contribution is -2.27. The molecule has 0 saturated carbocycles. The standard InChI is InChI=1S/C7H12O4/c1-3-10-6(9)7(2)5(4-8)11-7/h5,8H,3-4H2,1-2H3. The third kappa shape index (κ3) is 1.36. The maximum atomic E-state index is 11.0. The number of hydrogen-bond acceptors (Lipinski definition) is 4. The van der Waals surface area contributed by atoms with E-state index in [9.17, 15) is 4.79 Å². The minimum Gasteiger partial charge on any atom is -0.464 e. The molecule has 11 heavy (non-hydrogen) atoms. The second kappa shape index (κ2) is 2.79. The van der Waals surface area contributed by atoms with Crippen LogP contribution in [-0.2, 0) is 14.3 Å². The Balaban J connectivity index is 2.42. The zero-order chi connectivity index (χ0) is 8.48. The van der Waals surface area contributed by atoms with Crippen molar-refractivity contribution in [2.24, 2.45) is 0 Å². The van der Waals surface area contributed by atoms with Crippen LogP contribution < -0.4 is 0 Å². The number of hydrogen-bond donors (Lipinski definition) is 1. The van der Waals surface area contributed by atoms with E-state index < -0.39 is 5.60 Å². The van der Waals surface area contributed by atoms with Crippen molar-refractivity contribution in [1.82, 2.24) is 0 Å². The molecule has 0 spiro atoms. The second-order valence-corrected chi connectivity index (χ2v) is 2.62. The highest BCUT2D eigenvalue weighted by molar-refractivity contribution is 5.82. The van der Waals surface area contributed by atoms with Gasteiger partial charge in [-0.2, -0.15) is 0 Å². The Hall–Kier alpha value is -0.610. The first-order valence-electron chi connectivity index (χ1n) is 3.61. The number of rotatable bonds is 3. The summed E-state index contributed by atoms with van der Waals surface area (Å²) in [5, 5.41) is 8.63. The van der Waals surface area contributed by atoms with E-state index in [0.717, 1.165) is 0 Å². The summed E-state index contributed by atoms with van der Waals surface area (Å²) in [5.74, 6) is -0.390. The molecule has 1 N–H and O–H groups in total.